The number of ether oxygens (including phenoxy) is 1. The van der Waals surface area contributed by atoms with E-state index in [4.69, 9.17) is 16.3 Å². The molecular formula is C14H13ClN2O2. The van der Waals surface area contributed by atoms with Gasteiger partial charge in [-0.05, 0) is 35.9 Å². The van der Waals surface area contributed by atoms with Gasteiger partial charge < -0.3 is 10.1 Å². The Hall–Kier alpha value is -2.07. The number of rotatable bonds is 4. The molecule has 1 heterocycles. The molecule has 5 heteroatoms. The Balaban J connectivity index is 2.19. The molecule has 0 radical (unpaired) electrons. The average Bonchev–Trinajstić information content (AvgIpc) is 2.45. The lowest BCUT2D eigenvalue weighted by atomic mass is 10.1. The second kappa shape index (κ2) is 6.20. The van der Waals surface area contributed by atoms with Crippen molar-refractivity contribution >= 4 is 23.3 Å². The van der Waals surface area contributed by atoms with Crippen molar-refractivity contribution in [3.63, 3.8) is 0 Å². The summed E-state index contributed by atoms with van der Waals surface area (Å²) in [6.07, 6.45) is 3.44. The fourth-order valence-corrected chi connectivity index (χ4v) is 1.82. The van der Waals surface area contributed by atoms with Crippen molar-refractivity contribution in [1.82, 2.24) is 4.98 Å². The SMILES string of the molecule is COC(=O)c1ccc(Cl)cc1NCc1ccncc1. The van der Waals surface area contributed by atoms with Crippen molar-refractivity contribution in [2.24, 2.45) is 0 Å². The standard InChI is InChI=1S/C14H13ClN2O2/c1-19-14(18)12-3-2-11(15)8-13(12)17-9-10-4-6-16-7-5-10/h2-8,17H,9H2,1H3. The maximum absolute atomic E-state index is 11.6. The molecule has 0 atom stereocenters. The maximum atomic E-state index is 11.6. The van der Waals surface area contributed by atoms with Gasteiger partial charge in [-0.1, -0.05) is 11.6 Å². The summed E-state index contributed by atoms with van der Waals surface area (Å²) in [4.78, 5) is 15.6. The Morgan fingerprint density at radius 2 is 2.05 bits per heavy atom. The third-order valence-corrected chi connectivity index (χ3v) is 2.85. The van der Waals surface area contributed by atoms with Crippen molar-refractivity contribution in [2.45, 2.75) is 6.54 Å². The Labute approximate surface area is 116 Å². The van der Waals surface area contributed by atoms with E-state index in [9.17, 15) is 4.79 Å². The number of carbonyl (C=O) groups is 1. The summed E-state index contributed by atoms with van der Waals surface area (Å²) < 4.78 is 4.74. The number of carbonyl (C=O) groups excluding carboxylic acids is 1. The van der Waals surface area contributed by atoms with Crippen LogP contribution in [-0.4, -0.2) is 18.1 Å². The third kappa shape index (κ3) is 3.45. The van der Waals surface area contributed by atoms with Gasteiger partial charge in [-0.25, -0.2) is 4.79 Å². The van der Waals surface area contributed by atoms with Gasteiger partial charge in [0.1, 0.15) is 0 Å². The van der Waals surface area contributed by atoms with Crippen LogP contribution in [-0.2, 0) is 11.3 Å². The zero-order valence-electron chi connectivity index (χ0n) is 10.4. The number of hydrogen-bond donors (Lipinski definition) is 1. The lowest BCUT2D eigenvalue weighted by Gasteiger charge is -2.11. The molecule has 1 aromatic carbocycles. The third-order valence-electron chi connectivity index (χ3n) is 2.62. The molecular weight excluding hydrogens is 264 g/mol. The van der Waals surface area contributed by atoms with Gasteiger partial charge in [0.2, 0.25) is 0 Å². The molecule has 0 aliphatic heterocycles. The quantitative estimate of drug-likeness (QED) is 0.872. The van der Waals surface area contributed by atoms with Gasteiger partial charge in [-0.2, -0.15) is 0 Å². The van der Waals surface area contributed by atoms with Crippen LogP contribution in [0.5, 0.6) is 0 Å². The Bertz CT molecular complexity index is 573. The molecule has 98 valence electrons. The molecule has 0 unspecified atom stereocenters. The minimum atomic E-state index is -0.395. The predicted octanol–water partition coefficient (Wildman–Crippen LogP) is 3.13. The fourth-order valence-electron chi connectivity index (χ4n) is 1.65. The first-order chi connectivity index (χ1) is 9.20. The first-order valence-electron chi connectivity index (χ1n) is 5.71. The topological polar surface area (TPSA) is 51.2 Å². The van der Waals surface area contributed by atoms with Crippen LogP contribution in [0.2, 0.25) is 5.02 Å². The smallest absolute Gasteiger partial charge is 0.339 e. The van der Waals surface area contributed by atoms with Gasteiger partial charge in [0.15, 0.2) is 0 Å². The van der Waals surface area contributed by atoms with Gasteiger partial charge in [-0.3, -0.25) is 4.98 Å². The minimum Gasteiger partial charge on any atom is -0.465 e. The van der Waals surface area contributed by atoms with E-state index >= 15 is 0 Å². The van der Waals surface area contributed by atoms with Crippen LogP contribution in [0.3, 0.4) is 0 Å². The highest BCUT2D eigenvalue weighted by atomic mass is 35.5. The summed E-state index contributed by atoms with van der Waals surface area (Å²) in [5.74, 6) is -0.395. The first kappa shape index (κ1) is 13.4. The molecule has 0 amide bonds. The van der Waals surface area contributed by atoms with Crippen LogP contribution < -0.4 is 5.32 Å². The molecule has 2 rings (SSSR count). The molecule has 0 aliphatic carbocycles. The van der Waals surface area contributed by atoms with Crippen molar-refractivity contribution in [3.8, 4) is 0 Å². The van der Waals surface area contributed by atoms with E-state index in [0.717, 1.165) is 5.56 Å². The first-order valence-corrected chi connectivity index (χ1v) is 6.09. The number of esters is 1. The number of methoxy groups -OCH3 is 1. The van der Waals surface area contributed by atoms with Crippen molar-refractivity contribution in [1.29, 1.82) is 0 Å². The molecule has 1 N–H and O–H groups in total. The molecule has 4 nitrogen and oxygen atoms in total. The monoisotopic (exact) mass is 276 g/mol. The van der Waals surface area contributed by atoms with E-state index in [0.29, 0.717) is 22.8 Å². The van der Waals surface area contributed by atoms with Crippen LogP contribution >= 0.6 is 11.6 Å². The largest absolute Gasteiger partial charge is 0.465 e. The second-order valence-corrected chi connectivity index (χ2v) is 4.33. The highest BCUT2D eigenvalue weighted by molar-refractivity contribution is 6.31. The Morgan fingerprint density at radius 3 is 2.74 bits per heavy atom. The minimum absolute atomic E-state index is 0.395. The Kier molecular flexibility index (Phi) is 4.36. The van der Waals surface area contributed by atoms with Crippen LogP contribution in [0.25, 0.3) is 0 Å². The zero-order chi connectivity index (χ0) is 13.7. The van der Waals surface area contributed by atoms with Gasteiger partial charge in [0.25, 0.3) is 0 Å². The van der Waals surface area contributed by atoms with Crippen LogP contribution in [0, 0.1) is 0 Å². The van der Waals surface area contributed by atoms with Crippen LogP contribution in [0.4, 0.5) is 5.69 Å². The molecule has 0 bridgehead atoms. The van der Waals surface area contributed by atoms with Gasteiger partial charge in [0, 0.05) is 24.0 Å². The summed E-state index contributed by atoms with van der Waals surface area (Å²) >= 11 is 5.94. The van der Waals surface area contributed by atoms with Crippen LogP contribution in [0.1, 0.15) is 15.9 Å². The van der Waals surface area contributed by atoms with Crippen molar-refractivity contribution in [3.05, 3.63) is 58.9 Å². The normalized spacial score (nSPS) is 10.0. The molecule has 19 heavy (non-hydrogen) atoms. The average molecular weight is 277 g/mol. The molecule has 0 saturated heterocycles. The molecule has 0 aliphatic rings. The van der Waals surface area contributed by atoms with E-state index in [-0.39, 0.29) is 0 Å². The van der Waals surface area contributed by atoms with E-state index < -0.39 is 5.97 Å². The summed E-state index contributed by atoms with van der Waals surface area (Å²) in [7, 11) is 1.35. The van der Waals surface area contributed by atoms with E-state index in [1.54, 1.807) is 30.6 Å². The molecule has 0 saturated carbocycles. The summed E-state index contributed by atoms with van der Waals surface area (Å²) in [6.45, 7) is 0.576. The number of benzene rings is 1. The van der Waals surface area contributed by atoms with Gasteiger partial charge in [0.05, 0.1) is 18.4 Å². The lowest BCUT2D eigenvalue weighted by molar-refractivity contribution is 0.0602. The molecule has 0 spiro atoms. The fraction of sp³-hybridized carbons (Fsp3) is 0.143. The Morgan fingerprint density at radius 1 is 1.32 bits per heavy atom. The number of pyridine rings is 1. The van der Waals surface area contributed by atoms with Crippen LogP contribution in [0.15, 0.2) is 42.7 Å². The number of nitrogens with zero attached hydrogens (tertiary/aromatic N) is 1. The highest BCUT2D eigenvalue weighted by Gasteiger charge is 2.11. The van der Waals surface area contributed by atoms with E-state index in [1.807, 2.05) is 12.1 Å². The second-order valence-electron chi connectivity index (χ2n) is 3.89. The zero-order valence-corrected chi connectivity index (χ0v) is 11.1. The maximum Gasteiger partial charge on any atom is 0.339 e. The number of aromatic nitrogens is 1. The predicted molar refractivity (Wildman–Crippen MR) is 74.4 cm³/mol. The van der Waals surface area contributed by atoms with Gasteiger partial charge >= 0.3 is 5.97 Å². The van der Waals surface area contributed by atoms with E-state index in [2.05, 4.69) is 10.3 Å². The number of halogens is 1. The summed E-state index contributed by atoms with van der Waals surface area (Å²) in [6, 6.07) is 8.80. The number of hydrogen-bond acceptors (Lipinski definition) is 4. The number of anilines is 1. The summed E-state index contributed by atoms with van der Waals surface area (Å²) in [5.41, 5.74) is 2.17. The van der Waals surface area contributed by atoms with E-state index in [1.165, 1.54) is 7.11 Å². The number of nitrogens with one attached hydrogen (secondary N) is 1. The molecule has 0 fully saturated rings. The lowest BCUT2D eigenvalue weighted by Crippen LogP contribution is -2.08. The van der Waals surface area contributed by atoms with Crippen molar-refractivity contribution in [2.75, 3.05) is 12.4 Å². The molecule has 2 aromatic rings. The van der Waals surface area contributed by atoms with Crippen molar-refractivity contribution < 1.29 is 9.53 Å². The molecule has 1 aromatic heterocycles. The highest BCUT2D eigenvalue weighted by Crippen LogP contribution is 2.22. The van der Waals surface area contributed by atoms with Gasteiger partial charge in [-0.15, -0.1) is 0 Å². The summed E-state index contributed by atoms with van der Waals surface area (Å²) in [5, 5.41) is 3.73.